The molecule has 5 heteroatoms. The van der Waals surface area contributed by atoms with Gasteiger partial charge in [0, 0.05) is 18.2 Å². The van der Waals surface area contributed by atoms with Crippen LogP contribution < -0.4 is 10.1 Å². The predicted molar refractivity (Wildman–Crippen MR) is 62.8 cm³/mol. The van der Waals surface area contributed by atoms with Crippen molar-refractivity contribution < 1.29 is 19.0 Å². The van der Waals surface area contributed by atoms with Crippen LogP contribution >= 0.6 is 0 Å². The normalized spacial score (nSPS) is 11.1. The summed E-state index contributed by atoms with van der Waals surface area (Å²) in [6.07, 6.45) is 1.53. The number of carbonyl (C=O) groups is 1. The highest BCUT2D eigenvalue weighted by molar-refractivity contribution is 5.85. The molecule has 17 heavy (non-hydrogen) atoms. The Kier molecular flexibility index (Phi) is 4.51. The zero-order valence-corrected chi connectivity index (χ0v) is 9.66. The molecule has 0 fully saturated rings. The Labute approximate surface area is 98.7 Å². The molecule has 0 aliphatic heterocycles. The van der Waals surface area contributed by atoms with Gasteiger partial charge in [-0.2, -0.15) is 0 Å². The van der Waals surface area contributed by atoms with Crippen molar-refractivity contribution >= 4 is 11.7 Å². The lowest BCUT2D eigenvalue weighted by atomic mass is 10.2. The van der Waals surface area contributed by atoms with E-state index in [0.717, 1.165) is 0 Å². The third kappa shape index (κ3) is 3.79. The molecule has 0 amide bonds. The SMILES string of the molecule is COc1cc(F)ccc1NC/C=C(/C)C(=O)O. The van der Waals surface area contributed by atoms with Crippen LogP contribution in [0.25, 0.3) is 0 Å². The molecule has 0 radical (unpaired) electrons. The zero-order valence-electron chi connectivity index (χ0n) is 9.66. The average molecular weight is 239 g/mol. The van der Waals surface area contributed by atoms with Gasteiger partial charge in [-0.15, -0.1) is 0 Å². The van der Waals surface area contributed by atoms with Gasteiger partial charge < -0.3 is 15.2 Å². The third-order valence-corrected chi connectivity index (χ3v) is 2.20. The number of methoxy groups -OCH3 is 1. The number of carboxylic acids is 1. The topological polar surface area (TPSA) is 58.6 Å². The minimum Gasteiger partial charge on any atom is -0.494 e. The van der Waals surface area contributed by atoms with Crippen molar-refractivity contribution in [2.45, 2.75) is 6.92 Å². The number of rotatable bonds is 5. The molecular formula is C12H14FNO3. The maximum Gasteiger partial charge on any atom is 0.331 e. The highest BCUT2D eigenvalue weighted by Gasteiger charge is 2.03. The van der Waals surface area contributed by atoms with E-state index in [0.29, 0.717) is 18.0 Å². The Bertz CT molecular complexity index is 443. The molecule has 0 aromatic heterocycles. The number of hydrogen-bond acceptors (Lipinski definition) is 3. The summed E-state index contributed by atoms with van der Waals surface area (Å²) in [7, 11) is 1.44. The summed E-state index contributed by atoms with van der Waals surface area (Å²) in [5.74, 6) is -0.964. The van der Waals surface area contributed by atoms with Gasteiger partial charge in [-0.1, -0.05) is 6.08 Å². The van der Waals surface area contributed by atoms with Gasteiger partial charge >= 0.3 is 5.97 Å². The van der Waals surface area contributed by atoms with E-state index < -0.39 is 5.97 Å². The van der Waals surface area contributed by atoms with E-state index in [2.05, 4.69) is 5.32 Å². The molecule has 92 valence electrons. The van der Waals surface area contributed by atoms with Crippen LogP contribution in [0.5, 0.6) is 5.75 Å². The van der Waals surface area contributed by atoms with E-state index in [9.17, 15) is 9.18 Å². The third-order valence-electron chi connectivity index (χ3n) is 2.20. The minimum atomic E-state index is -0.960. The van der Waals surface area contributed by atoms with Crippen molar-refractivity contribution in [3.05, 3.63) is 35.7 Å². The first-order valence-corrected chi connectivity index (χ1v) is 5.02. The second-order valence-corrected chi connectivity index (χ2v) is 3.42. The lowest BCUT2D eigenvalue weighted by Gasteiger charge is -2.09. The van der Waals surface area contributed by atoms with Crippen molar-refractivity contribution in [2.75, 3.05) is 19.0 Å². The smallest absolute Gasteiger partial charge is 0.331 e. The average Bonchev–Trinajstić information content (AvgIpc) is 2.30. The van der Waals surface area contributed by atoms with Gasteiger partial charge in [0.2, 0.25) is 0 Å². The Hall–Kier alpha value is -2.04. The van der Waals surface area contributed by atoms with Crippen LogP contribution in [0.1, 0.15) is 6.92 Å². The van der Waals surface area contributed by atoms with E-state index in [1.807, 2.05) is 0 Å². The quantitative estimate of drug-likeness (QED) is 0.774. The molecule has 1 aromatic rings. The van der Waals surface area contributed by atoms with Gasteiger partial charge in [0.05, 0.1) is 12.8 Å². The number of halogens is 1. The van der Waals surface area contributed by atoms with Gasteiger partial charge in [0.25, 0.3) is 0 Å². The van der Waals surface area contributed by atoms with Crippen molar-refractivity contribution in [1.82, 2.24) is 0 Å². The minimum absolute atomic E-state index is 0.249. The standard InChI is InChI=1S/C12H14FNO3/c1-8(12(15)16)5-6-14-10-4-3-9(13)7-11(10)17-2/h3-5,7,14H,6H2,1-2H3,(H,15,16)/b8-5-. The van der Waals surface area contributed by atoms with E-state index >= 15 is 0 Å². The van der Waals surface area contributed by atoms with Crippen LogP contribution in [0.2, 0.25) is 0 Å². The van der Waals surface area contributed by atoms with E-state index in [1.165, 1.54) is 38.3 Å². The number of ether oxygens (including phenoxy) is 1. The van der Waals surface area contributed by atoms with Crippen LogP contribution in [-0.2, 0) is 4.79 Å². The molecule has 0 spiro atoms. The summed E-state index contributed by atoms with van der Waals surface area (Å²) >= 11 is 0. The predicted octanol–water partition coefficient (Wildman–Crippen LogP) is 2.28. The monoisotopic (exact) mass is 239 g/mol. The summed E-state index contributed by atoms with van der Waals surface area (Å²) in [6.45, 7) is 1.84. The van der Waals surface area contributed by atoms with Crippen molar-refractivity contribution in [3.63, 3.8) is 0 Å². The summed E-state index contributed by atoms with van der Waals surface area (Å²) in [4.78, 5) is 10.5. The first kappa shape index (κ1) is 13.0. The van der Waals surface area contributed by atoms with Gasteiger partial charge in [0.1, 0.15) is 11.6 Å². The van der Waals surface area contributed by atoms with E-state index in [1.54, 1.807) is 0 Å². The van der Waals surface area contributed by atoms with E-state index in [4.69, 9.17) is 9.84 Å². The Morgan fingerprint density at radius 3 is 2.88 bits per heavy atom. The fraction of sp³-hybridized carbons (Fsp3) is 0.250. The zero-order chi connectivity index (χ0) is 12.8. The molecule has 1 aromatic carbocycles. The fourth-order valence-corrected chi connectivity index (χ4v) is 1.21. The summed E-state index contributed by atoms with van der Waals surface area (Å²) < 4.78 is 17.9. The van der Waals surface area contributed by atoms with Crippen LogP contribution in [0, 0.1) is 5.82 Å². The first-order valence-electron chi connectivity index (χ1n) is 5.02. The highest BCUT2D eigenvalue weighted by atomic mass is 19.1. The lowest BCUT2D eigenvalue weighted by molar-refractivity contribution is -0.132. The second kappa shape index (κ2) is 5.89. The van der Waals surface area contributed by atoms with Crippen LogP contribution in [0.3, 0.4) is 0 Å². The van der Waals surface area contributed by atoms with Crippen molar-refractivity contribution in [2.24, 2.45) is 0 Å². The maximum absolute atomic E-state index is 12.9. The molecule has 1 rings (SSSR count). The Balaban J connectivity index is 2.69. The number of hydrogen-bond donors (Lipinski definition) is 2. The molecule has 2 N–H and O–H groups in total. The number of aliphatic carboxylic acids is 1. The van der Waals surface area contributed by atoms with Crippen molar-refractivity contribution in [1.29, 1.82) is 0 Å². The number of carboxylic acid groups (broad SMARTS) is 1. The lowest BCUT2D eigenvalue weighted by Crippen LogP contribution is -2.04. The Morgan fingerprint density at radius 2 is 2.29 bits per heavy atom. The molecule has 4 nitrogen and oxygen atoms in total. The molecule has 0 saturated carbocycles. The van der Waals surface area contributed by atoms with Crippen molar-refractivity contribution in [3.8, 4) is 5.75 Å². The van der Waals surface area contributed by atoms with Crippen LogP contribution in [-0.4, -0.2) is 24.7 Å². The van der Waals surface area contributed by atoms with Gasteiger partial charge in [-0.25, -0.2) is 9.18 Å². The Morgan fingerprint density at radius 1 is 1.59 bits per heavy atom. The molecule has 0 aliphatic rings. The fourth-order valence-electron chi connectivity index (χ4n) is 1.21. The number of nitrogens with one attached hydrogen (secondary N) is 1. The molecule has 0 unspecified atom stereocenters. The molecule has 0 bridgehead atoms. The second-order valence-electron chi connectivity index (χ2n) is 3.42. The van der Waals surface area contributed by atoms with Gasteiger partial charge in [-0.3, -0.25) is 0 Å². The summed E-state index contributed by atoms with van der Waals surface area (Å²) in [5.41, 5.74) is 0.863. The molecule has 0 heterocycles. The van der Waals surface area contributed by atoms with Crippen LogP contribution in [0.15, 0.2) is 29.8 Å². The largest absolute Gasteiger partial charge is 0.494 e. The van der Waals surface area contributed by atoms with Crippen LogP contribution in [0.4, 0.5) is 10.1 Å². The van der Waals surface area contributed by atoms with E-state index in [-0.39, 0.29) is 11.4 Å². The highest BCUT2D eigenvalue weighted by Crippen LogP contribution is 2.24. The summed E-state index contributed by atoms with van der Waals surface area (Å²) in [6, 6.07) is 4.10. The molecule has 0 atom stereocenters. The number of anilines is 1. The number of benzene rings is 1. The first-order chi connectivity index (χ1) is 8.04. The summed E-state index contributed by atoms with van der Waals surface area (Å²) in [5, 5.41) is 11.6. The maximum atomic E-state index is 12.9. The molecular weight excluding hydrogens is 225 g/mol. The van der Waals surface area contributed by atoms with Gasteiger partial charge in [0.15, 0.2) is 0 Å². The molecule has 0 aliphatic carbocycles. The van der Waals surface area contributed by atoms with Gasteiger partial charge in [-0.05, 0) is 19.1 Å². The molecule has 0 saturated heterocycles.